The van der Waals surface area contributed by atoms with Crippen molar-refractivity contribution in [1.29, 1.82) is 0 Å². The van der Waals surface area contributed by atoms with Gasteiger partial charge in [-0.05, 0) is 51.2 Å². The summed E-state index contributed by atoms with van der Waals surface area (Å²) in [5.41, 5.74) is 2.02. The second-order valence-corrected chi connectivity index (χ2v) is 5.34. The molecule has 1 aliphatic heterocycles. The lowest BCUT2D eigenvalue weighted by Crippen LogP contribution is -2.08. The van der Waals surface area contributed by atoms with Crippen molar-refractivity contribution in [2.24, 2.45) is 0 Å². The fourth-order valence-electron chi connectivity index (χ4n) is 2.48. The van der Waals surface area contributed by atoms with Gasteiger partial charge in [-0.15, -0.1) is 0 Å². The van der Waals surface area contributed by atoms with Crippen molar-refractivity contribution in [3.63, 3.8) is 0 Å². The van der Waals surface area contributed by atoms with Gasteiger partial charge < -0.3 is 14.6 Å². The van der Waals surface area contributed by atoms with Gasteiger partial charge in [0.05, 0.1) is 18.8 Å². The summed E-state index contributed by atoms with van der Waals surface area (Å²) in [4.78, 5) is 0. The first kappa shape index (κ1) is 14.4. The van der Waals surface area contributed by atoms with E-state index >= 15 is 0 Å². The molecular formula is C16H24O3. The third-order valence-corrected chi connectivity index (χ3v) is 3.57. The number of aliphatic hydroxyl groups is 1. The highest BCUT2D eigenvalue weighted by atomic mass is 16.5. The maximum atomic E-state index is 9.72. The zero-order valence-corrected chi connectivity index (χ0v) is 11.9. The Kier molecular flexibility index (Phi) is 5.23. The van der Waals surface area contributed by atoms with Gasteiger partial charge in [-0.25, -0.2) is 0 Å². The van der Waals surface area contributed by atoms with Crippen molar-refractivity contribution in [1.82, 2.24) is 0 Å². The molecule has 1 heterocycles. The summed E-state index contributed by atoms with van der Waals surface area (Å²) in [7, 11) is 0. The summed E-state index contributed by atoms with van der Waals surface area (Å²) >= 11 is 0. The standard InChI is InChI=1S/C16H24O3/c1-12-7-8-15(13(2)17)16(11-12)19-10-4-6-14-5-3-9-18-14/h7-8,11,13-14,17H,3-6,9-10H2,1-2H3/t13-,14?/m0/s1. The lowest BCUT2D eigenvalue weighted by molar-refractivity contribution is 0.0978. The van der Waals surface area contributed by atoms with Crippen LogP contribution in [-0.4, -0.2) is 24.4 Å². The number of rotatable bonds is 6. The van der Waals surface area contributed by atoms with Crippen LogP contribution in [0.2, 0.25) is 0 Å². The molecule has 1 fully saturated rings. The van der Waals surface area contributed by atoms with E-state index in [9.17, 15) is 5.11 Å². The highest BCUT2D eigenvalue weighted by molar-refractivity contribution is 5.38. The Morgan fingerprint density at radius 1 is 1.47 bits per heavy atom. The van der Waals surface area contributed by atoms with Crippen LogP contribution in [0.4, 0.5) is 0 Å². The number of aryl methyl sites for hydroxylation is 1. The maximum Gasteiger partial charge on any atom is 0.125 e. The molecule has 0 aliphatic carbocycles. The van der Waals surface area contributed by atoms with E-state index in [-0.39, 0.29) is 0 Å². The summed E-state index contributed by atoms with van der Waals surface area (Å²) in [5, 5.41) is 9.72. The SMILES string of the molecule is Cc1ccc([C@H](C)O)c(OCCCC2CCCO2)c1. The van der Waals surface area contributed by atoms with Crippen molar-refractivity contribution < 1.29 is 14.6 Å². The fourth-order valence-corrected chi connectivity index (χ4v) is 2.48. The van der Waals surface area contributed by atoms with Gasteiger partial charge in [-0.1, -0.05) is 12.1 Å². The summed E-state index contributed by atoms with van der Waals surface area (Å²) in [6, 6.07) is 5.94. The minimum Gasteiger partial charge on any atom is -0.493 e. The quantitative estimate of drug-likeness (QED) is 0.800. The Bertz CT molecular complexity index is 395. The molecule has 1 unspecified atom stereocenters. The van der Waals surface area contributed by atoms with E-state index < -0.39 is 6.10 Å². The van der Waals surface area contributed by atoms with Crippen LogP contribution in [0.15, 0.2) is 18.2 Å². The Morgan fingerprint density at radius 2 is 2.32 bits per heavy atom. The first-order valence-electron chi connectivity index (χ1n) is 7.20. The second kappa shape index (κ2) is 6.92. The van der Waals surface area contributed by atoms with Gasteiger partial charge in [-0.3, -0.25) is 0 Å². The Balaban J connectivity index is 1.82. The molecular weight excluding hydrogens is 240 g/mol. The van der Waals surface area contributed by atoms with Gasteiger partial charge in [0, 0.05) is 12.2 Å². The lowest BCUT2D eigenvalue weighted by atomic mass is 10.1. The molecule has 19 heavy (non-hydrogen) atoms. The molecule has 3 heteroatoms. The molecule has 2 rings (SSSR count). The van der Waals surface area contributed by atoms with E-state index in [1.165, 1.54) is 12.8 Å². The van der Waals surface area contributed by atoms with Gasteiger partial charge in [0.2, 0.25) is 0 Å². The van der Waals surface area contributed by atoms with E-state index in [2.05, 4.69) is 0 Å². The number of hydrogen-bond donors (Lipinski definition) is 1. The van der Waals surface area contributed by atoms with E-state index in [1.807, 2.05) is 25.1 Å². The minimum atomic E-state index is -0.492. The Labute approximate surface area is 115 Å². The molecule has 1 saturated heterocycles. The van der Waals surface area contributed by atoms with Crippen molar-refractivity contribution in [2.75, 3.05) is 13.2 Å². The van der Waals surface area contributed by atoms with Gasteiger partial charge in [0.15, 0.2) is 0 Å². The Morgan fingerprint density at radius 3 is 3.00 bits per heavy atom. The fraction of sp³-hybridized carbons (Fsp3) is 0.625. The van der Waals surface area contributed by atoms with E-state index in [1.54, 1.807) is 6.92 Å². The molecule has 1 aromatic carbocycles. The highest BCUT2D eigenvalue weighted by Crippen LogP contribution is 2.26. The van der Waals surface area contributed by atoms with Crippen molar-refractivity contribution in [2.45, 2.75) is 51.7 Å². The summed E-state index contributed by atoms with van der Waals surface area (Å²) in [6.45, 7) is 5.40. The van der Waals surface area contributed by atoms with Crippen molar-refractivity contribution in [3.05, 3.63) is 29.3 Å². The first-order valence-corrected chi connectivity index (χ1v) is 7.20. The summed E-state index contributed by atoms with van der Waals surface area (Å²) in [6.07, 6.45) is 4.37. The zero-order chi connectivity index (χ0) is 13.7. The van der Waals surface area contributed by atoms with E-state index in [4.69, 9.17) is 9.47 Å². The number of hydrogen-bond acceptors (Lipinski definition) is 3. The molecule has 1 aliphatic rings. The Hall–Kier alpha value is -1.06. The molecule has 0 aromatic heterocycles. The molecule has 3 nitrogen and oxygen atoms in total. The molecule has 106 valence electrons. The van der Waals surface area contributed by atoms with E-state index in [0.29, 0.717) is 12.7 Å². The van der Waals surface area contributed by atoms with Crippen LogP contribution in [0.5, 0.6) is 5.75 Å². The highest BCUT2D eigenvalue weighted by Gasteiger charge is 2.15. The molecule has 0 spiro atoms. The zero-order valence-electron chi connectivity index (χ0n) is 11.9. The van der Waals surface area contributed by atoms with Crippen LogP contribution >= 0.6 is 0 Å². The lowest BCUT2D eigenvalue weighted by Gasteiger charge is -2.15. The predicted molar refractivity (Wildman–Crippen MR) is 75.5 cm³/mol. The number of ether oxygens (including phenoxy) is 2. The predicted octanol–water partition coefficient (Wildman–Crippen LogP) is 3.39. The molecule has 1 N–H and O–H groups in total. The van der Waals surface area contributed by atoms with Crippen LogP contribution in [-0.2, 0) is 4.74 Å². The minimum absolute atomic E-state index is 0.428. The van der Waals surface area contributed by atoms with Crippen LogP contribution < -0.4 is 4.74 Å². The molecule has 2 atom stereocenters. The van der Waals surface area contributed by atoms with Gasteiger partial charge >= 0.3 is 0 Å². The molecule has 0 saturated carbocycles. The van der Waals surface area contributed by atoms with Gasteiger partial charge in [0.25, 0.3) is 0 Å². The number of aliphatic hydroxyl groups excluding tert-OH is 1. The van der Waals surface area contributed by atoms with Crippen molar-refractivity contribution in [3.8, 4) is 5.75 Å². The normalized spacial score (nSPS) is 20.5. The molecule has 0 radical (unpaired) electrons. The average molecular weight is 264 g/mol. The average Bonchev–Trinajstić information content (AvgIpc) is 2.87. The summed E-state index contributed by atoms with van der Waals surface area (Å²) < 4.78 is 11.4. The molecule has 1 aromatic rings. The van der Waals surface area contributed by atoms with Gasteiger partial charge in [-0.2, -0.15) is 0 Å². The molecule has 0 amide bonds. The van der Waals surface area contributed by atoms with Crippen LogP contribution in [0.25, 0.3) is 0 Å². The largest absolute Gasteiger partial charge is 0.493 e. The number of benzene rings is 1. The second-order valence-electron chi connectivity index (χ2n) is 5.34. The first-order chi connectivity index (χ1) is 9.16. The van der Waals surface area contributed by atoms with E-state index in [0.717, 1.165) is 36.3 Å². The van der Waals surface area contributed by atoms with Crippen LogP contribution in [0.1, 0.15) is 49.8 Å². The van der Waals surface area contributed by atoms with Crippen molar-refractivity contribution >= 4 is 0 Å². The summed E-state index contributed by atoms with van der Waals surface area (Å²) in [5.74, 6) is 0.808. The topological polar surface area (TPSA) is 38.7 Å². The van der Waals surface area contributed by atoms with Gasteiger partial charge in [0.1, 0.15) is 5.75 Å². The smallest absolute Gasteiger partial charge is 0.125 e. The third-order valence-electron chi connectivity index (χ3n) is 3.57. The third kappa shape index (κ3) is 4.22. The monoisotopic (exact) mass is 264 g/mol. The maximum absolute atomic E-state index is 9.72. The van der Waals surface area contributed by atoms with Crippen LogP contribution in [0, 0.1) is 6.92 Å². The van der Waals surface area contributed by atoms with Crippen LogP contribution in [0.3, 0.4) is 0 Å². The molecule has 0 bridgehead atoms.